The number of thiocarbonyl (C=S) groups is 1. The van der Waals surface area contributed by atoms with Gasteiger partial charge in [-0.1, -0.05) is 0 Å². The molecule has 0 saturated carbocycles. The predicted molar refractivity (Wildman–Crippen MR) is 44.0 cm³/mol. The summed E-state index contributed by atoms with van der Waals surface area (Å²) >= 11 is 4.95. The molecule has 0 amide bonds. The number of aromatic nitrogens is 2. The Bertz CT molecular complexity index is 241. The molecule has 0 fully saturated rings. The maximum Gasteiger partial charge on any atom is 0.193 e. The average molecular weight is 155 g/mol. The topological polar surface area (TPSA) is 29.9 Å². The molecule has 3 nitrogen and oxygen atoms in total. The van der Waals surface area contributed by atoms with Gasteiger partial charge in [0.05, 0.1) is 0 Å². The van der Waals surface area contributed by atoms with Gasteiger partial charge in [-0.15, -0.1) is 0 Å². The smallest absolute Gasteiger partial charge is 0.193 e. The van der Waals surface area contributed by atoms with Crippen molar-refractivity contribution in [3.8, 4) is 0 Å². The van der Waals surface area contributed by atoms with Crippen LogP contribution in [0, 0.1) is 6.92 Å². The second kappa shape index (κ2) is 2.79. The molecule has 0 aromatic carbocycles. The van der Waals surface area contributed by atoms with Crippen LogP contribution in [-0.2, 0) is 0 Å². The fraction of sp³-hybridized carbons (Fsp3) is 0.333. The summed E-state index contributed by atoms with van der Waals surface area (Å²) in [6, 6.07) is 1.91. The molecule has 0 aliphatic carbocycles. The van der Waals surface area contributed by atoms with Crippen LogP contribution in [0.2, 0.25) is 0 Å². The lowest BCUT2D eigenvalue weighted by Gasteiger charge is -2.02. The minimum absolute atomic E-state index is 0.627. The molecule has 0 radical (unpaired) electrons. The maximum absolute atomic E-state index is 4.95. The molecule has 0 aliphatic rings. The van der Waals surface area contributed by atoms with Gasteiger partial charge < -0.3 is 5.32 Å². The van der Waals surface area contributed by atoms with Crippen LogP contribution in [0.15, 0.2) is 12.3 Å². The van der Waals surface area contributed by atoms with E-state index in [0.29, 0.717) is 5.11 Å². The maximum atomic E-state index is 4.95. The molecule has 10 heavy (non-hydrogen) atoms. The van der Waals surface area contributed by atoms with Crippen molar-refractivity contribution in [3.05, 3.63) is 18.0 Å². The zero-order valence-electron chi connectivity index (χ0n) is 5.96. The van der Waals surface area contributed by atoms with Crippen molar-refractivity contribution in [2.24, 2.45) is 0 Å². The van der Waals surface area contributed by atoms with Crippen LogP contribution in [0.4, 0.5) is 0 Å². The van der Waals surface area contributed by atoms with Crippen molar-refractivity contribution in [2.45, 2.75) is 6.92 Å². The predicted octanol–water partition coefficient (Wildman–Crippen LogP) is 0.544. The van der Waals surface area contributed by atoms with E-state index in [1.165, 1.54) is 0 Å². The van der Waals surface area contributed by atoms with E-state index in [9.17, 15) is 0 Å². The molecule has 1 heterocycles. The van der Waals surface area contributed by atoms with Gasteiger partial charge in [0.2, 0.25) is 0 Å². The molecule has 0 spiro atoms. The largest absolute Gasteiger partial charge is 0.364 e. The van der Waals surface area contributed by atoms with Gasteiger partial charge in [-0.05, 0) is 25.2 Å². The van der Waals surface area contributed by atoms with Crippen molar-refractivity contribution < 1.29 is 0 Å². The summed E-state index contributed by atoms with van der Waals surface area (Å²) in [5, 5.41) is 7.47. The first-order valence-corrected chi connectivity index (χ1v) is 3.39. The van der Waals surface area contributed by atoms with E-state index < -0.39 is 0 Å². The summed E-state index contributed by atoms with van der Waals surface area (Å²) in [4.78, 5) is 0. The third-order valence-corrected chi connectivity index (χ3v) is 1.62. The molecule has 4 heteroatoms. The third-order valence-electron chi connectivity index (χ3n) is 1.24. The van der Waals surface area contributed by atoms with Crippen molar-refractivity contribution in [3.63, 3.8) is 0 Å². The van der Waals surface area contributed by atoms with Gasteiger partial charge in [0.15, 0.2) is 5.11 Å². The fourth-order valence-corrected chi connectivity index (χ4v) is 0.879. The second-order valence-electron chi connectivity index (χ2n) is 1.94. The highest BCUT2D eigenvalue weighted by atomic mass is 32.1. The fourth-order valence-electron chi connectivity index (χ4n) is 0.688. The van der Waals surface area contributed by atoms with Gasteiger partial charge in [0.25, 0.3) is 0 Å². The number of hydrogen-bond acceptors (Lipinski definition) is 2. The van der Waals surface area contributed by atoms with Crippen LogP contribution >= 0.6 is 12.2 Å². The average Bonchev–Trinajstić information content (AvgIpc) is 2.34. The first kappa shape index (κ1) is 7.21. The number of rotatable bonds is 0. The van der Waals surface area contributed by atoms with Crippen LogP contribution < -0.4 is 5.32 Å². The van der Waals surface area contributed by atoms with Crippen molar-refractivity contribution in [1.82, 2.24) is 15.1 Å². The Hall–Kier alpha value is -0.900. The Morgan fingerprint density at radius 2 is 2.50 bits per heavy atom. The summed E-state index contributed by atoms with van der Waals surface area (Å²) in [5.41, 5.74) is 1.04. The molecule has 0 bridgehead atoms. The van der Waals surface area contributed by atoms with Crippen LogP contribution in [0.1, 0.15) is 5.69 Å². The molecule has 54 valence electrons. The first-order valence-electron chi connectivity index (χ1n) is 2.98. The van der Waals surface area contributed by atoms with Gasteiger partial charge in [0.1, 0.15) is 0 Å². The van der Waals surface area contributed by atoms with E-state index in [2.05, 4.69) is 10.4 Å². The molecule has 1 rings (SSSR count). The van der Waals surface area contributed by atoms with Crippen LogP contribution in [0.5, 0.6) is 0 Å². The summed E-state index contributed by atoms with van der Waals surface area (Å²) in [6.45, 7) is 1.96. The molecule has 1 aromatic rings. The monoisotopic (exact) mass is 155 g/mol. The van der Waals surface area contributed by atoms with Gasteiger partial charge >= 0.3 is 0 Å². The molecule has 1 aromatic heterocycles. The molecular formula is C6H9N3S. The standard InChI is InChI=1S/C6H9N3S/c1-5-3-4-8-9(5)6(10)7-2/h3-4H,1-2H3,(H,7,10). The third kappa shape index (κ3) is 1.16. The van der Waals surface area contributed by atoms with Crippen molar-refractivity contribution >= 4 is 17.3 Å². The van der Waals surface area contributed by atoms with Crippen LogP contribution in [-0.4, -0.2) is 21.9 Å². The Labute approximate surface area is 65.0 Å². The number of nitrogens with one attached hydrogen (secondary N) is 1. The SMILES string of the molecule is CNC(=S)n1nccc1C. The second-order valence-corrected chi connectivity index (χ2v) is 2.33. The highest BCUT2D eigenvalue weighted by Crippen LogP contribution is 1.93. The zero-order chi connectivity index (χ0) is 7.56. The van der Waals surface area contributed by atoms with Crippen molar-refractivity contribution in [1.29, 1.82) is 0 Å². The van der Waals surface area contributed by atoms with Gasteiger partial charge in [-0.25, -0.2) is 4.68 Å². The number of aryl methyl sites for hydroxylation is 1. The summed E-state index contributed by atoms with van der Waals surface area (Å²) in [6.07, 6.45) is 1.72. The lowest BCUT2D eigenvalue weighted by Crippen LogP contribution is -2.25. The first-order chi connectivity index (χ1) is 4.75. The molecule has 1 N–H and O–H groups in total. The minimum atomic E-state index is 0.627. The molecule has 0 aliphatic heterocycles. The van der Waals surface area contributed by atoms with Gasteiger partial charge in [-0.3, -0.25) is 0 Å². The summed E-state index contributed by atoms with van der Waals surface area (Å²) in [7, 11) is 1.78. The Morgan fingerprint density at radius 1 is 1.80 bits per heavy atom. The number of hydrogen-bond donors (Lipinski definition) is 1. The highest BCUT2D eigenvalue weighted by molar-refractivity contribution is 7.80. The Kier molecular flexibility index (Phi) is 2.01. The molecular weight excluding hydrogens is 146 g/mol. The summed E-state index contributed by atoms with van der Waals surface area (Å²) < 4.78 is 1.68. The molecule has 0 unspecified atom stereocenters. The van der Waals surface area contributed by atoms with E-state index in [1.807, 2.05) is 13.0 Å². The summed E-state index contributed by atoms with van der Waals surface area (Å²) in [5.74, 6) is 0. The van der Waals surface area contributed by atoms with E-state index in [4.69, 9.17) is 12.2 Å². The van der Waals surface area contributed by atoms with E-state index >= 15 is 0 Å². The highest BCUT2D eigenvalue weighted by Gasteiger charge is 1.98. The lowest BCUT2D eigenvalue weighted by molar-refractivity contribution is 0.872. The Morgan fingerprint density at radius 3 is 2.90 bits per heavy atom. The molecule has 0 atom stereocenters. The molecule has 0 saturated heterocycles. The van der Waals surface area contributed by atoms with Gasteiger partial charge in [0, 0.05) is 18.9 Å². The van der Waals surface area contributed by atoms with E-state index in [-0.39, 0.29) is 0 Å². The normalized spacial score (nSPS) is 9.40. The van der Waals surface area contributed by atoms with E-state index in [1.54, 1.807) is 17.9 Å². The number of nitrogens with zero attached hydrogens (tertiary/aromatic N) is 2. The van der Waals surface area contributed by atoms with Gasteiger partial charge in [-0.2, -0.15) is 5.10 Å². The lowest BCUT2D eigenvalue weighted by atomic mass is 10.5. The van der Waals surface area contributed by atoms with Crippen LogP contribution in [0.3, 0.4) is 0 Å². The Balaban J connectivity index is 2.93. The minimum Gasteiger partial charge on any atom is -0.364 e. The van der Waals surface area contributed by atoms with E-state index in [0.717, 1.165) is 5.69 Å². The quantitative estimate of drug-likeness (QED) is 0.555. The van der Waals surface area contributed by atoms with Crippen LogP contribution in [0.25, 0.3) is 0 Å². The van der Waals surface area contributed by atoms with Crippen molar-refractivity contribution in [2.75, 3.05) is 7.05 Å². The zero-order valence-corrected chi connectivity index (χ0v) is 6.77.